The molecule has 0 bridgehead atoms. The molecule has 3 aromatic rings. The molecule has 0 atom stereocenters. The summed E-state index contributed by atoms with van der Waals surface area (Å²) in [5.74, 6) is 1.81. The number of hydrogen-bond acceptors (Lipinski definition) is 4. The molecular weight excluding hydrogens is 531 g/mol. The third-order valence-electron chi connectivity index (χ3n) is 5.54. The minimum absolute atomic E-state index is 0. The first-order valence-electron chi connectivity index (χ1n) is 10.9. The molecule has 3 heterocycles. The molecule has 4 rings (SSSR count). The van der Waals surface area contributed by atoms with Crippen LogP contribution >= 0.6 is 24.0 Å². The highest BCUT2D eigenvalue weighted by Gasteiger charge is 2.27. The van der Waals surface area contributed by atoms with E-state index in [2.05, 4.69) is 44.2 Å². The van der Waals surface area contributed by atoms with Crippen molar-refractivity contribution in [3.63, 3.8) is 0 Å². The Morgan fingerprint density at radius 3 is 2.73 bits per heavy atom. The Morgan fingerprint density at radius 2 is 2.06 bits per heavy atom. The summed E-state index contributed by atoms with van der Waals surface area (Å²) < 4.78 is 3.84. The van der Waals surface area contributed by atoms with Crippen LogP contribution in [0.2, 0.25) is 0 Å². The maximum atomic E-state index is 12.8. The van der Waals surface area contributed by atoms with Gasteiger partial charge in [0.05, 0.1) is 18.4 Å². The number of piperazine rings is 1. The summed E-state index contributed by atoms with van der Waals surface area (Å²) in [7, 11) is 1.85. The van der Waals surface area contributed by atoms with Crippen molar-refractivity contribution in [1.82, 2.24) is 29.5 Å². The van der Waals surface area contributed by atoms with Crippen molar-refractivity contribution >= 4 is 41.5 Å². The first kappa shape index (κ1) is 24.7. The molecule has 0 unspecified atom stereocenters. The van der Waals surface area contributed by atoms with E-state index in [1.807, 2.05) is 44.4 Å². The summed E-state index contributed by atoms with van der Waals surface area (Å²) in [5.41, 5.74) is 3.18. The second-order valence-corrected chi connectivity index (χ2v) is 7.93. The summed E-state index contributed by atoms with van der Waals surface area (Å²) >= 11 is 0. The number of halogens is 1. The van der Waals surface area contributed by atoms with Crippen LogP contribution in [-0.2, 0) is 24.9 Å². The molecule has 1 aliphatic heterocycles. The first-order chi connectivity index (χ1) is 15.5. The number of aliphatic imine (C=N–C) groups is 1. The monoisotopic (exact) mass is 562 g/mol. The van der Waals surface area contributed by atoms with Crippen LogP contribution in [0.1, 0.15) is 23.9 Å². The van der Waals surface area contributed by atoms with Gasteiger partial charge in [0.25, 0.3) is 0 Å². The van der Waals surface area contributed by atoms with Gasteiger partial charge < -0.3 is 19.7 Å². The lowest BCUT2D eigenvalue weighted by Gasteiger charge is -2.35. The lowest BCUT2D eigenvalue weighted by atomic mass is 10.1. The molecule has 1 fully saturated rings. The highest BCUT2D eigenvalue weighted by Crippen LogP contribution is 2.16. The fourth-order valence-corrected chi connectivity index (χ4v) is 3.86. The van der Waals surface area contributed by atoms with Gasteiger partial charge in [-0.25, -0.2) is 9.98 Å². The lowest BCUT2D eigenvalue weighted by Crippen LogP contribution is -2.55. The van der Waals surface area contributed by atoms with Crippen LogP contribution in [0.4, 0.5) is 5.69 Å². The van der Waals surface area contributed by atoms with E-state index in [-0.39, 0.29) is 29.9 Å². The summed E-state index contributed by atoms with van der Waals surface area (Å²) in [6.07, 6.45) is 7.41. The second kappa shape index (κ2) is 11.3. The van der Waals surface area contributed by atoms with Gasteiger partial charge in [0.1, 0.15) is 12.4 Å². The predicted octanol–water partition coefficient (Wildman–Crippen LogP) is 2.41. The Morgan fingerprint density at radius 1 is 1.24 bits per heavy atom. The number of carbonyl (C=O) groups is 1. The molecule has 1 aliphatic rings. The van der Waals surface area contributed by atoms with Gasteiger partial charge >= 0.3 is 0 Å². The van der Waals surface area contributed by atoms with Crippen LogP contribution < -0.4 is 10.2 Å². The van der Waals surface area contributed by atoms with Crippen LogP contribution in [-0.4, -0.2) is 62.3 Å². The average Bonchev–Trinajstić information content (AvgIpc) is 3.39. The van der Waals surface area contributed by atoms with Gasteiger partial charge in [-0.1, -0.05) is 24.3 Å². The van der Waals surface area contributed by atoms with E-state index in [1.165, 1.54) is 5.56 Å². The summed E-state index contributed by atoms with van der Waals surface area (Å²) in [6, 6.07) is 8.45. The number of carbonyl (C=O) groups excluding carboxylic acids is 1. The van der Waals surface area contributed by atoms with Gasteiger partial charge in [0, 0.05) is 51.8 Å². The van der Waals surface area contributed by atoms with Crippen LogP contribution in [0.15, 0.2) is 54.0 Å². The minimum atomic E-state index is 0. The Bertz CT molecular complexity index is 1110. The van der Waals surface area contributed by atoms with Crippen molar-refractivity contribution in [3.8, 4) is 0 Å². The maximum absolute atomic E-state index is 12.8. The molecule has 0 saturated carbocycles. The average molecular weight is 562 g/mol. The third-order valence-corrected chi connectivity index (χ3v) is 5.54. The minimum Gasteiger partial charge on any atom is -0.356 e. The molecule has 1 amide bonds. The van der Waals surface area contributed by atoms with Crippen molar-refractivity contribution in [2.24, 2.45) is 12.0 Å². The van der Waals surface area contributed by atoms with Crippen molar-refractivity contribution in [1.29, 1.82) is 0 Å². The summed E-state index contributed by atoms with van der Waals surface area (Å²) in [4.78, 5) is 25.7. The topological polar surface area (TPSA) is 83.6 Å². The van der Waals surface area contributed by atoms with E-state index in [4.69, 9.17) is 4.99 Å². The lowest BCUT2D eigenvalue weighted by molar-refractivity contribution is -0.120. The molecule has 1 saturated heterocycles. The van der Waals surface area contributed by atoms with Gasteiger partial charge in [-0.05, 0) is 25.0 Å². The number of amides is 1. The number of hydrogen-bond donors (Lipinski definition) is 1. The molecule has 33 heavy (non-hydrogen) atoms. The number of aromatic nitrogens is 4. The Hall–Kier alpha value is -2.89. The summed E-state index contributed by atoms with van der Waals surface area (Å²) in [6.45, 7) is 7.74. The largest absolute Gasteiger partial charge is 0.356 e. The molecule has 10 heteroatoms. The van der Waals surface area contributed by atoms with Gasteiger partial charge in [-0.2, -0.15) is 5.10 Å². The number of aryl methyl sites for hydroxylation is 2. The molecule has 176 valence electrons. The molecule has 0 aliphatic carbocycles. The van der Waals surface area contributed by atoms with E-state index >= 15 is 0 Å². The molecule has 1 N–H and O–H groups in total. The zero-order chi connectivity index (χ0) is 22.5. The third kappa shape index (κ3) is 6.12. The Kier molecular flexibility index (Phi) is 8.48. The van der Waals surface area contributed by atoms with Crippen LogP contribution in [0.5, 0.6) is 0 Å². The number of rotatable bonds is 6. The fourth-order valence-electron chi connectivity index (χ4n) is 3.86. The van der Waals surface area contributed by atoms with Gasteiger partial charge in [0.2, 0.25) is 5.91 Å². The molecule has 9 nitrogen and oxygen atoms in total. The Balaban J connectivity index is 0.00000306. The van der Waals surface area contributed by atoms with E-state index in [1.54, 1.807) is 15.8 Å². The molecule has 0 spiro atoms. The van der Waals surface area contributed by atoms with Gasteiger partial charge in [0.15, 0.2) is 5.96 Å². The van der Waals surface area contributed by atoms with Crippen LogP contribution in [0.25, 0.3) is 0 Å². The second-order valence-electron chi connectivity index (χ2n) is 7.93. The number of guanidine groups is 1. The zero-order valence-corrected chi connectivity index (χ0v) is 21.6. The van der Waals surface area contributed by atoms with E-state index in [0.29, 0.717) is 26.2 Å². The number of nitrogens with one attached hydrogen (secondary N) is 1. The van der Waals surface area contributed by atoms with Crippen LogP contribution in [0, 0.1) is 6.92 Å². The van der Waals surface area contributed by atoms with E-state index < -0.39 is 0 Å². The van der Waals surface area contributed by atoms with Gasteiger partial charge in [-0.3, -0.25) is 9.48 Å². The zero-order valence-electron chi connectivity index (χ0n) is 19.3. The van der Waals surface area contributed by atoms with E-state index in [0.717, 1.165) is 36.1 Å². The smallest absolute Gasteiger partial charge is 0.246 e. The number of imidazole rings is 1. The maximum Gasteiger partial charge on any atom is 0.246 e. The SMILES string of the molecule is CCNC(=NCc1cccc(Cn2ccnc2C)c1)N1CCN(c2cnn(C)c2)C(=O)C1.I. The number of benzene rings is 1. The first-order valence-corrected chi connectivity index (χ1v) is 10.9. The molecule has 1 aromatic carbocycles. The van der Waals surface area contributed by atoms with Crippen molar-refractivity contribution in [2.45, 2.75) is 26.9 Å². The summed E-state index contributed by atoms with van der Waals surface area (Å²) in [5, 5.41) is 7.51. The Labute approximate surface area is 211 Å². The fraction of sp³-hybridized carbons (Fsp3) is 0.391. The molecular formula is C23H31IN8O. The standard InChI is InChI=1S/C23H30N8O.HI/c1-4-24-23(30-10-11-31(22(32)17-30)21-14-27-28(3)16-21)26-13-19-6-5-7-20(12-19)15-29-9-8-25-18(29)2;/h5-9,12,14,16H,4,10-11,13,15,17H2,1-3H3,(H,24,26);1H. The molecule has 0 radical (unpaired) electrons. The van der Waals surface area contributed by atoms with Crippen LogP contribution in [0.3, 0.4) is 0 Å². The highest BCUT2D eigenvalue weighted by molar-refractivity contribution is 14.0. The van der Waals surface area contributed by atoms with Crippen molar-refractivity contribution < 1.29 is 4.79 Å². The number of nitrogens with zero attached hydrogens (tertiary/aromatic N) is 7. The van der Waals surface area contributed by atoms with Crippen molar-refractivity contribution in [2.75, 3.05) is 31.1 Å². The molecule has 2 aromatic heterocycles. The van der Waals surface area contributed by atoms with Gasteiger partial charge in [-0.15, -0.1) is 24.0 Å². The van der Waals surface area contributed by atoms with Crippen molar-refractivity contribution in [3.05, 3.63) is 66.0 Å². The quantitative estimate of drug-likeness (QED) is 0.284. The highest BCUT2D eigenvalue weighted by atomic mass is 127. The predicted molar refractivity (Wildman–Crippen MR) is 140 cm³/mol. The normalized spacial score (nSPS) is 14.4. The van der Waals surface area contributed by atoms with E-state index in [9.17, 15) is 4.79 Å². The number of anilines is 1.